The van der Waals surface area contributed by atoms with Crippen LogP contribution in [0.15, 0.2) is 30.9 Å². The molecule has 0 bridgehead atoms. The Morgan fingerprint density at radius 1 is 1.53 bits per heavy atom. The van der Waals surface area contributed by atoms with Crippen molar-refractivity contribution in [1.29, 1.82) is 0 Å². The number of halogens is 1. The Balaban J connectivity index is 2.60. The molecule has 15 heavy (non-hydrogen) atoms. The highest BCUT2D eigenvalue weighted by Crippen LogP contribution is 2.19. The molecule has 0 spiro atoms. The molecule has 0 aliphatic heterocycles. The predicted molar refractivity (Wildman–Crippen MR) is 66.9 cm³/mol. The third-order valence-corrected chi connectivity index (χ3v) is 2.85. The van der Waals surface area contributed by atoms with Crippen molar-refractivity contribution in [3.8, 4) is 0 Å². The zero-order valence-corrected chi connectivity index (χ0v) is 9.74. The van der Waals surface area contributed by atoms with Crippen LogP contribution in [0.4, 0.5) is 0 Å². The highest BCUT2D eigenvalue weighted by Gasteiger charge is 2.03. The normalized spacial score (nSPS) is 10.7. The second kappa shape index (κ2) is 4.21. The number of hydrogen-bond donors (Lipinski definition) is 1. The van der Waals surface area contributed by atoms with Gasteiger partial charge in [-0.05, 0) is 36.8 Å². The lowest BCUT2D eigenvalue weighted by Crippen LogP contribution is -1.96. The Kier molecular flexibility index (Phi) is 2.93. The first kappa shape index (κ1) is 10.5. The van der Waals surface area contributed by atoms with Gasteiger partial charge in [0.15, 0.2) is 4.77 Å². The van der Waals surface area contributed by atoms with E-state index in [1.54, 1.807) is 0 Å². The van der Waals surface area contributed by atoms with Crippen LogP contribution in [0.3, 0.4) is 0 Å². The van der Waals surface area contributed by atoms with Crippen LogP contribution in [-0.4, -0.2) is 9.55 Å². The van der Waals surface area contributed by atoms with Gasteiger partial charge in [0.05, 0.1) is 11.0 Å². The minimum atomic E-state index is 0.726. The van der Waals surface area contributed by atoms with Crippen LogP contribution in [0.2, 0.25) is 5.02 Å². The number of aromatic amines is 1. The van der Waals surface area contributed by atoms with E-state index in [4.69, 9.17) is 23.8 Å². The van der Waals surface area contributed by atoms with Gasteiger partial charge in [-0.2, -0.15) is 0 Å². The van der Waals surface area contributed by atoms with Crippen molar-refractivity contribution in [3.63, 3.8) is 0 Å². The summed E-state index contributed by atoms with van der Waals surface area (Å²) >= 11 is 11.2. The van der Waals surface area contributed by atoms with E-state index in [0.29, 0.717) is 0 Å². The predicted octanol–water partition coefficient (Wildman–Crippen LogP) is 3.93. The molecule has 0 amide bonds. The van der Waals surface area contributed by atoms with Crippen LogP contribution < -0.4 is 0 Å². The molecule has 0 fully saturated rings. The summed E-state index contributed by atoms with van der Waals surface area (Å²) in [6, 6.07) is 5.72. The van der Waals surface area contributed by atoms with E-state index in [1.807, 2.05) is 28.8 Å². The highest BCUT2D eigenvalue weighted by atomic mass is 35.5. The fourth-order valence-corrected chi connectivity index (χ4v) is 2.03. The fraction of sp³-hybridized carbons (Fsp3) is 0.182. The summed E-state index contributed by atoms with van der Waals surface area (Å²) in [4.78, 5) is 3.15. The Morgan fingerprint density at radius 2 is 2.33 bits per heavy atom. The largest absolute Gasteiger partial charge is 0.331 e. The van der Waals surface area contributed by atoms with E-state index in [1.165, 1.54) is 0 Å². The number of nitrogens with zero attached hydrogens (tertiary/aromatic N) is 1. The molecule has 0 saturated carbocycles. The summed E-state index contributed by atoms with van der Waals surface area (Å²) in [7, 11) is 0. The molecule has 78 valence electrons. The van der Waals surface area contributed by atoms with Gasteiger partial charge in [-0.3, -0.25) is 0 Å². The average Bonchev–Trinajstić information content (AvgIpc) is 2.51. The third-order valence-electron chi connectivity index (χ3n) is 2.29. The Labute approximate surface area is 98.2 Å². The first-order valence-corrected chi connectivity index (χ1v) is 5.50. The Hall–Kier alpha value is -1.06. The number of fused-ring (bicyclic) bond motifs is 1. The molecule has 0 atom stereocenters. The minimum absolute atomic E-state index is 0.726. The summed E-state index contributed by atoms with van der Waals surface area (Å²) in [5.74, 6) is 0. The number of rotatable bonds is 3. The molecule has 2 nitrogen and oxygen atoms in total. The molecule has 1 heterocycles. The first-order valence-electron chi connectivity index (χ1n) is 4.71. The third kappa shape index (κ3) is 1.98. The van der Waals surface area contributed by atoms with Crippen LogP contribution in [0, 0.1) is 4.77 Å². The summed E-state index contributed by atoms with van der Waals surface area (Å²) in [5.41, 5.74) is 2.07. The fourth-order valence-electron chi connectivity index (χ4n) is 1.57. The second-order valence-electron chi connectivity index (χ2n) is 3.32. The first-order chi connectivity index (χ1) is 7.22. The molecule has 0 aliphatic rings. The lowest BCUT2D eigenvalue weighted by Gasteiger charge is -2.01. The molecule has 1 aromatic carbocycles. The summed E-state index contributed by atoms with van der Waals surface area (Å²) in [5, 5.41) is 0.726. The number of allylic oxidation sites excluding steroid dienone is 1. The molecule has 1 N–H and O–H groups in total. The zero-order chi connectivity index (χ0) is 10.8. The lowest BCUT2D eigenvalue weighted by atomic mass is 10.3. The number of aryl methyl sites for hydroxylation is 1. The number of aromatic nitrogens is 2. The summed E-state index contributed by atoms with van der Waals surface area (Å²) in [6.45, 7) is 4.54. The maximum absolute atomic E-state index is 5.95. The number of imidazole rings is 1. The van der Waals surface area contributed by atoms with Crippen molar-refractivity contribution in [2.24, 2.45) is 0 Å². The van der Waals surface area contributed by atoms with Gasteiger partial charge in [0, 0.05) is 11.6 Å². The Bertz CT molecular complexity index is 553. The van der Waals surface area contributed by atoms with Gasteiger partial charge in [0.1, 0.15) is 0 Å². The monoisotopic (exact) mass is 238 g/mol. The standard InChI is InChI=1S/C11H11ClN2S/c1-2-3-6-14-10-7-8(12)4-5-9(10)13-11(14)15/h2,4-5,7H,1,3,6H2,(H,13,15). The van der Waals surface area contributed by atoms with Crippen LogP contribution in [0.1, 0.15) is 6.42 Å². The van der Waals surface area contributed by atoms with Crippen LogP contribution in [0.5, 0.6) is 0 Å². The maximum atomic E-state index is 5.95. The van der Waals surface area contributed by atoms with Crippen molar-refractivity contribution in [2.45, 2.75) is 13.0 Å². The molecule has 2 rings (SSSR count). The van der Waals surface area contributed by atoms with Gasteiger partial charge in [-0.1, -0.05) is 17.7 Å². The number of benzene rings is 1. The van der Waals surface area contributed by atoms with Crippen molar-refractivity contribution in [2.75, 3.05) is 0 Å². The molecular formula is C11H11ClN2S. The topological polar surface area (TPSA) is 20.7 Å². The molecule has 0 unspecified atom stereocenters. The van der Waals surface area contributed by atoms with Gasteiger partial charge < -0.3 is 9.55 Å². The number of nitrogens with one attached hydrogen (secondary N) is 1. The van der Waals surface area contributed by atoms with Gasteiger partial charge >= 0.3 is 0 Å². The van der Waals surface area contributed by atoms with Gasteiger partial charge in [0.2, 0.25) is 0 Å². The molecule has 0 radical (unpaired) electrons. The lowest BCUT2D eigenvalue weighted by molar-refractivity contribution is 0.721. The number of H-pyrrole nitrogens is 1. The molecular weight excluding hydrogens is 228 g/mol. The molecule has 4 heteroatoms. The molecule has 2 aromatic rings. The number of hydrogen-bond acceptors (Lipinski definition) is 1. The van der Waals surface area contributed by atoms with Crippen molar-refractivity contribution in [1.82, 2.24) is 9.55 Å². The molecule has 0 saturated heterocycles. The van der Waals surface area contributed by atoms with E-state index in [2.05, 4.69) is 11.6 Å². The SMILES string of the molecule is C=CCCn1c(=S)[nH]c2ccc(Cl)cc21. The second-order valence-corrected chi connectivity index (χ2v) is 4.14. The van der Waals surface area contributed by atoms with Crippen LogP contribution in [0.25, 0.3) is 11.0 Å². The van der Waals surface area contributed by atoms with E-state index in [0.717, 1.165) is 33.8 Å². The van der Waals surface area contributed by atoms with Crippen LogP contribution >= 0.6 is 23.8 Å². The van der Waals surface area contributed by atoms with Crippen molar-refractivity contribution in [3.05, 3.63) is 40.6 Å². The maximum Gasteiger partial charge on any atom is 0.178 e. The summed E-state index contributed by atoms with van der Waals surface area (Å²) in [6.07, 6.45) is 2.78. The van der Waals surface area contributed by atoms with E-state index in [-0.39, 0.29) is 0 Å². The van der Waals surface area contributed by atoms with E-state index >= 15 is 0 Å². The van der Waals surface area contributed by atoms with Gasteiger partial charge in [-0.15, -0.1) is 6.58 Å². The quantitative estimate of drug-likeness (QED) is 0.635. The zero-order valence-electron chi connectivity index (χ0n) is 8.16. The average molecular weight is 239 g/mol. The van der Waals surface area contributed by atoms with Crippen molar-refractivity contribution < 1.29 is 0 Å². The van der Waals surface area contributed by atoms with Gasteiger partial charge in [-0.25, -0.2) is 0 Å². The van der Waals surface area contributed by atoms with Crippen molar-refractivity contribution >= 4 is 34.9 Å². The van der Waals surface area contributed by atoms with Gasteiger partial charge in [0.25, 0.3) is 0 Å². The smallest absolute Gasteiger partial charge is 0.178 e. The van der Waals surface area contributed by atoms with E-state index in [9.17, 15) is 0 Å². The molecule has 1 aromatic heterocycles. The minimum Gasteiger partial charge on any atom is -0.331 e. The molecule has 0 aliphatic carbocycles. The Morgan fingerprint density at radius 3 is 3.07 bits per heavy atom. The van der Waals surface area contributed by atoms with E-state index < -0.39 is 0 Å². The summed E-state index contributed by atoms with van der Waals surface area (Å²) < 4.78 is 2.77. The highest BCUT2D eigenvalue weighted by molar-refractivity contribution is 7.71. The van der Waals surface area contributed by atoms with Crippen LogP contribution in [-0.2, 0) is 6.54 Å².